The van der Waals surface area contributed by atoms with Crippen LogP contribution in [-0.4, -0.2) is 39.3 Å². The van der Waals surface area contributed by atoms with Gasteiger partial charge in [0.15, 0.2) is 0 Å². The van der Waals surface area contributed by atoms with Crippen LogP contribution in [0.1, 0.15) is 11.1 Å². The van der Waals surface area contributed by atoms with Crippen LogP contribution in [0.25, 0.3) is 0 Å². The zero-order valence-electron chi connectivity index (χ0n) is 17.9. The van der Waals surface area contributed by atoms with Crippen molar-refractivity contribution in [2.75, 3.05) is 18.0 Å². The first-order valence-corrected chi connectivity index (χ1v) is 11.6. The number of halogens is 1. The average Bonchev–Trinajstić information content (AvgIpc) is 2.79. The third kappa shape index (κ3) is 5.82. The van der Waals surface area contributed by atoms with Gasteiger partial charge >= 0.3 is 0 Å². The molecule has 172 valence electrons. The summed E-state index contributed by atoms with van der Waals surface area (Å²) in [4.78, 5) is 12.7. The van der Waals surface area contributed by atoms with Crippen molar-refractivity contribution in [1.82, 2.24) is 5.43 Å². The number of aryl methyl sites for hydroxylation is 1. The molecule has 0 heterocycles. The van der Waals surface area contributed by atoms with Crippen LogP contribution >= 0.6 is 11.6 Å². The van der Waals surface area contributed by atoms with Crippen molar-refractivity contribution in [2.45, 2.75) is 11.8 Å². The minimum Gasteiger partial charge on any atom is -0.507 e. The van der Waals surface area contributed by atoms with E-state index in [2.05, 4.69) is 10.5 Å². The highest BCUT2D eigenvalue weighted by Gasteiger charge is 2.29. The van der Waals surface area contributed by atoms with E-state index < -0.39 is 22.5 Å². The summed E-state index contributed by atoms with van der Waals surface area (Å²) in [5, 5.41) is 13.9. The van der Waals surface area contributed by atoms with Crippen molar-refractivity contribution in [3.8, 4) is 11.5 Å². The summed E-state index contributed by atoms with van der Waals surface area (Å²) in [5.41, 5.74) is 3.66. The molecule has 10 heteroatoms. The number of para-hydroxylation sites is 1. The van der Waals surface area contributed by atoms with Crippen molar-refractivity contribution in [3.05, 3.63) is 82.9 Å². The zero-order valence-corrected chi connectivity index (χ0v) is 19.5. The van der Waals surface area contributed by atoms with Crippen molar-refractivity contribution >= 4 is 39.4 Å². The first-order valence-electron chi connectivity index (χ1n) is 9.75. The van der Waals surface area contributed by atoms with Gasteiger partial charge < -0.3 is 9.84 Å². The van der Waals surface area contributed by atoms with Crippen LogP contribution in [0.4, 0.5) is 5.69 Å². The van der Waals surface area contributed by atoms with E-state index in [4.69, 9.17) is 16.3 Å². The Kier molecular flexibility index (Phi) is 7.57. The maximum atomic E-state index is 13.5. The predicted molar refractivity (Wildman–Crippen MR) is 128 cm³/mol. The first-order chi connectivity index (χ1) is 15.7. The molecule has 0 saturated carbocycles. The van der Waals surface area contributed by atoms with E-state index >= 15 is 0 Å². The number of phenolic OH excluding ortho intramolecular Hbond substituents is 1. The number of anilines is 1. The summed E-state index contributed by atoms with van der Waals surface area (Å²) >= 11 is 6.11. The molecule has 3 aromatic carbocycles. The fraction of sp³-hybridized carbons (Fsp3) is 0.130. The predicted octanol–water partition coefficient (Wildman–Crippen LogP) is 3.71. The Morgan fingerprint density at radius 2 is 1.85 bits per heavy atom. The number of nitrogens with one attached hydrogen (secondary N) is 1. The number of hydrogen-bond donors (Lipinski definition) is 2. The topological polar surface area (TPSA) is 108 Å². The van der Waals surface area contributed by atoms with Gasteiger partial charge in [-0.1, -0.05) is 41.4 Å². The van der Waals surface area contributed by atoms with Crippen LogP contribution in [0, 0.1) is 6.92 Å². The number of hydrazone groups is 1. The molecular weight excluding hydrogens is 466 g/mol. The molecule has 0 aliphatic carbocycles. The third-order valence-electron chi connectivity index (χ3n) is 4.64. The molecule has 0 fully saturated rings. The Hall–Kier alpha value is -3.56. The normalized spacial score (nSPS) is 11.4. The minimum atomic E-state index is -4.16. The molecule has 33 heavy (non-hydrogen) atoms. The molecule has 3 rings (SSSR count). The summed E-state index contributed by atoms with van der Waals surface area (Å²) in [6.45, 7) is 1.25. The van der Waals surface area contributed by atoms with Gasteiger partial charge in [-0.05, 0) is 49.4 Å². The van der Waals surface area contributed by atoms with Crippen LogP contribution in [0.5, 0.6) is 11.5 Å². The van der Waals surface area contributed by atoms with Crippen LogP contribution in [0.2, 0.25) is 5.02 Å². The number of benzene rings is 3. The number of rotatable bonds is 8. The molecule has 0 saturated heterocycles. The molecule has 0 radical (unpaired) electrons. The molecule has 0 bridgehead atoms. The highest BCUT2D eigenvalue weighted by atomic mass is 35.5. The standard InChI is InChI=1S/C23H22ClN3O5S/c1-16-7-10-19(11-8-16)33(30,31)27(20-13-18(24)9-12-22(20)32-2)15-23(29)26-25-14-17-5-3-4-6-21(17)28/h3-14,28H,15H2,1-2H3,(H,26,29)/b25-14-. The smallest absolute Gasteiger partial charge is 0.264 e. The van der Waals surface area contributed by atoms with E-state index in [-0.39, 0.29) is 27.1 Å². The lowest BCUT2D eigenvalue weighted by molar-refractivity contribution is -0.119. The van der Waals surface area contributed by atoms with Crippen molar-refractivity contribution in [3.63, 3.8) is 0 Å². The number of carbonyl (C=O) groups is 1. The van der Waals surface area contributed by atoms with Crippen LogP contribution in [-0.2, 0) is 14.8 Å². The van der Waals surface area contributed by atoms with Gasteiger partial charge in [0.25, 0.3) is 15.9 Å². The van der Waals surface area contributed by atoms with Crippen LogP contribution < -0.4 is 14.5 Å². The Labute approximate surface area is 197 Å². The second-order valence-corrected chi connectivity index (χ2v) is 9.29. The molecule has 0 aromatic heterocycles. The maximum Gasteiger partial charge on any atom is 0.264 e. The summed E-state index contributed by atoms with van der Waals surface area (Å²) < 4.78 is 33.2. The lowest BCUT2D eigenvalue weighted by Crippen LogP contribution is -2.39. The first kappa shape index (κ1) is 24.1. The number of nitrogens with zero attached hydrogens (tertiary/aromatic N) is 2. The summed E-state index contributed by atoms with van der Waals surface area (Å²) in [7, 11) is -2.77. The van der Waals surface area contributed by atoms with Gasteiger partial charge in [-0.2, -0.15) is 5.10 Å². The van der Waals surface area contributed by atoms with Gasteiger partial charge in [0, 0.05) is 10.6 Å². The lowest BCUT2D eigenvalue weighted by atomic mass is 10.2. The minimum absolute atomic E-state index is 0.000590. The average molecular weight is 488 g/mol. The van der Waals surface area contributed by atoms with E-state index in [0.717, 1.165) is 9.87 Å². The number of hydrogen-bond acceptors (Lipinski definition) is 6. The summed E-state index contributed by atoms with van der Waals surface area (Å²) in [6.07, 6.45) is 1.26. The van der Waals surface area contributed by atoms with Gasteiger partial charge in [-0.15, -0.1) is 0 Å². The van der Waals surface area contributed by atoms with E-state index in [9.17, 15) is 18.3 Å². The molecule has 1 amide bonds. The molecule has 0 unspecified atom stereocenters. The monoisotopic (exact) mass is 487 g/mol. The SMILES string of the molecule is COc1ccc(Cl)cc1N(CC(=O)N/N=C\c1ccccc1O)S(=O)(=O)c1ccc(C)cc1. The van der Waals surface area contributed by atoms with Crippen molar-refractivity contribution in [2.24, 2.45) is 5.10 Å². The van der Waals surface area contributed by atoms with E-state index in [1.54, 1.807) is 36.4 Å². The Bertz CT molecular complexity index is 1280. The highest BCUT2D eigenvalue weighted by Crippen LogP contribution is 2.34. The number of aromatic hydroxyl groups is 1. The Balaban J connectivity index is 1.94. The molecule has 3 aromatic rings. The fourth-order valence-corrected chi connectivity index (χ4v) is 4.52. The number of phenols is 1. The van der Waals surface area contributed by atoms with Crippen molar-refractivity contribution < 1.29 is 23.1 Å². The van der Waals surface area contributed by atoms with Crippen LogP contribution in [0.3, 0.4) is 0 Å². The van der Waals surface area contributed by atoms with E-state index in [1.165, 1.54) is 43.7 Å². The zero-order chi connectivity index (χ0) is 24.0. The van der Waals surface area contributed by atoms with Gasteiger partial charge in [0.05, 0.1) is 23.9 Å². The third-order valence-corrected chi connectivity index (χ3v) is 6.64. The number of carbonyl (C=O) groups excluding carboxylic acids is 1. The fourth-order valence-electron chi connectivity index (χ4n) is 2.93. The highest BCUT2D eigenvalue weighted by molar-refractivity contribution is 7.92. The van der Waals surface area contributed by atoms with Gasteiger partial charge in [0.1, 0.15) is 18.0 Å². The molecule has 0 spiro atoms. The number of amides is 1. The van der Waals surface area contributed by atoms with Crippen molar-refractivity contribution in [1.29, 1.82) is 0 Å². The molecular formula is C23H22ClN3O5S. The second kappa shape index (κ2) is 10.4. The van der Waals surface area contributed by atoms with Gasteiger partial charge in [-0.3, -0.25) is 9.10 Å². The van der Waals surface area contributed by atoms with E-state index in [1.807, 2.05) is 6.92 Å². The maximum absolute atomic E-state index is 13.5. The number of ether oxygens (including phenoxy) is 1. The summed E-state index contributed by atoms with van der Waals surface area (Å²) in [6, 6.07) is 17.2. The molecule has 0 aliphatic heterocycles. The second-order valence-electron chi connectivity index (χ2n) is 6.99. The Morgan fingerprint density at radius 1 is 1.15 bits per heavy atom. The molecule has 2 N–H and O–H groups in total. The van der Waals surface area contributed by atoms with Gasteiger partial charge in [-0.25, -0.2) is 13.8 Å². The molecule has 0 aliphatic rings. The van der Waals surface area contributed by atoms with Gasteiger partial charge in [0.2, 0.25) is 0 Å². The lowest BCUT2D eigenvalue weighted by Gasteiger charge is -2.25. The Morgan fingerprint density at radius 3 is 2.52 bits per heavy atom. The summed E-state index contributed by atoms with van der Waals surface area (Å²) in [5.74, 6) is -0.497. The number of sulfonamides is 1. The van der Waals surface area contributed by atoms with Crippen LogP contribution in [0.15, 0.2) is 76.7 Å². The quantitative estimate of drug-likeness (QED) is 0.372. The number of methoxy groups -OCH3 is 1. The largest absolute Gasteiger partial charge is 0.507 e. The van der Waals surface area contributed by atoms with E-state index in [0.29, 0.717) is 5.56 Å². The molecule has 0 atom stereocenters. The molecule has 8 nitrogen and oxygen atoms in total.